The molecule has 1 rings (SSSR count). The minimum absolute atomic E-state index is 0.173. The molecule has 1 aromatic carbocycles. The molecule has 0 aromatic heterocycles. The van der Waals surface area contributed by atoms with Gasteiger partial charge in [0.05, 0.1) is 0 Å². The van der Waals surface area contributed by atoms with Crippen LogP contribution in [0.2, 0.25) is 0 Å². The van der Waals surface area contributed by atoms with Crippen molar-refractivity contribution in [2.24, 2.45) is 5.73 Å². The first-order chi connectivity index (χ1) is 9.90. The summed E-state index contributed by atoms with van der Waals surface area (Å²) in [5.41, 5.74) is 11.5. The monoisotopic (exact) mass is 293 g/mol. The maximum absolute atomic E-state index is 11.9. The Morgan fingerprint density at radius 3 is 2.43 bits per heavy atom. The summed E-state index contributed by atoms with van der Waals surface area (Å²) >= 11 is 0. The molecule has 0 saturated carbocycles. The third-order valence-corrected chi connectivity index (χ3v) is 2.76. The zero-order valence-electron chi connectivity index (χ0n) is 11.4. The molecule has 0 heterocycles. The van der Waals surface area contributed by atoms with Crippen LogP contribution in [0.25, 0.3) is 0 Å². The van der Waals surface area contributed by atoms with Crippen LogP contribution in [0, 0.1) is 5.41 Å². The molecule has 1 atom stereocenters. The Morgan fingerprint density at radius 2 is 1.90 bits per heavy atom. The number of carboxylic acids is 1. The van der Waals surface area contributed by atoms with Crippen LogP contribution >= 0.6 is 0 Å². The van der Waals surface area contributed by atoms with E-state index in [9.17, 15) is 9.59 Å². The molecule has 0 aliphatic heterocycles. The number of guanidine groups is 1. The van der Waals surface area contributed by atoms with E-state index in [0.717, 1.165) is 0 Å². The standard InChI is InChI=1S/C13H19N5O3/c14-9-5-3-8(4-6-9)11(19)18-10(12(20)21)2-1-7-17-13(15)16/h3-6,10H,1-2,7,14H2,(H,18,19)(H,20,21)(H4,15,16,17). The number of rotatable bonds is 7. The number of nitrogens with two attached hydrogens (primary N) is 2. The average Bonchev–Trinajstić information content (AvgIpc) is 2.42. The van der Waals surface area contributed by atoms with Crippen LogP contribution in [0.5, 0.6) is 0 Å². The number of amides is 1. The van der Waals surface area contributed by atoms with E-state index >= 15 is 0 Å². The predicted molar refractivity (Wildman–Crippen MR) is 78.9 cm³/mol. The normalized spacial score (nSPS) is 11.4. The molecule has 1 aromatic rings. The van der Waals surface area contributed by atoms with Crippen molar-refractivity contribution in [2.45, 2.75) is 18.9 Å². The molecule has 0 spiro atoms. The van der Waals surface area contributed by atoms with Crippen molar-refractivity contribution >= 4 is 23.5 Å². The molecular formula is C13H19N5O3. The van der Waals surface area contributed by atoms with E-state index in [-0.39, 0.29) is 12.4 Å². The van der Waals surface area contributed by atoms with Crippen LogP contribution in [0.3, 0.4) is 0 Å². The lowest BCUT2D eigenvalue weighted by Crippen LogP contribution is -2.41. The fraction of sp³-hybridized carbons (Fsp3) is 0.308. The van der Waals surface area contributed by atoms with Crippen molar-refractivity contribution in [3.63, 3.8) is 0 Å². The third kappa shape index (κ3) is 5.81. The molecule has 8 N–H and O–H groups in total. The van der Waals surface area contributed by atoms with Crippen LogP contribution < -0.4 is 22.1 Å². The summed E-state index contributed by atoms with van der Waals surface area (Å²) < 4.78 is 0. The van der Waals surface area contributed by atoms with E-state index in [1.54, 1.807) is 12.1 Å². The maximum Gasteiger partial charge on any atom is 0.326 e. The van der Waals surface area contributed by atoms with Gasteiger partial charge < -0.3 is 27.2 Å². The minimum Gasteiger partial charge on any atom is -0.480 e. The summed E-state index contributed by atoms with van der Waals surface area (Å²) in [6.07, 6.45) is 0.689. The van der Waals surface area contributed by atoms with E-state index in [4.69, 9.17) is 22.0 Å². The van der Waals surface area contributed by atoms with Gasteiger partial charge in [-0.3, -0.25) is 10.2 Å². The Morgan fingerprint density at radius 1 is 1.29 bits per heavy atom. The Kier molecular flexibility index (Phi) is 5.99. The number of hydrogen-bond acceptors (Lipinski definition) is 4. The van der Waals surface area contributed by atoms with Crippen molar-refractivity contribution in [1.29, 1.82) is 5.41 Å². The smallest absolute Gasteiger partial charge is 0.326 e. The van der Waals surface area contributed by atoms with E-state index in [1.807, 2.05) is 0 Å². The molecule has 0 aliphatic carbocycles. The quantitative estimate of drug-likeness (QED) is 0.176. The number of aliphatic carboxylic acids is 1. The Hall–Kier alpha value is -2.77. The van der Waals surface area contributed by atoms with Gasteiger partial charge in [-0.15, -0.1) is 0 Å². The fourth-order valence-electron chi connectivity index (χ4n) is 1.66. The van der Waals surface area contributed by atoms with Gasteiger partial charge in [0.25, 0.3) is 5.91 Å². The highest BCUT2D eigenvalue weighted by Gasteiger charge is 2.20. The predicted octanol–water partition coefficient (Wildman–Crippen LogP) is -0.285. The van der Waals surface area contributed by atoms with Crippen molar-refractivity contribution in [3.8, 4) is 0 Å². The van der Waals surface area contributed by atoms with Gasteiger partial charge in [-0.2, -0.15) is 0 Å². The molecule has 114 valence electrons. The van der Waals surface area contributed by atoms with Gasteiger partial charge in [-0.25, -0.2) is 4.79 Å². The summed E-state index contributed by atoms with van der Waals surface area (Å²) in [6, 6.07) is 5.20. The Labute approximate surface area is 122 Å². The van der Waals surface area contributed by atoms with Crippen LogP contribution in [0.1, 0.15) is 23.2 Å². The van der Waals surface area contributed by atoms with E-state index in [1.165, 1.54) is 12.1 Å². The van der Waals surface area contributed by atoms with Crippen molar-refractivity contribution < 1.29 is 14.7 Å². The topological polar surface area (TPSA) is 154 Å². The summed E-state index contributed by atoms with van der Waals surface area (Å²) in [5, 5.41) is 21.1. The number of anilines is 1. The van der Waals surface area contributed by atoms with E-state index < -0.39 is 17.9 Å². The third-order valence-electron chi connectivity index (χ3n) is 2.76. The second-order valence-electron chi connectivity index (χ2n) is 4.47. The summed E-state index contributed by atoms with van der Waals surface area (Å²) in [7, 11) is 0. The van der Waals surface area contributed by atoms with Crippen LogP contribution in [0.15, 0.2) is 24.3 Å². The number of nitrogen functional groups attached to an aromatic ring is 1. The summed E-state index contributed by atoms with van der Waals surface area (Å²) in [5.74, 6) is -1.75. The molecule has 0 bridgehead atoms. The zero-order chi connectivity index (χ0) is 15.8. The van der Waals surface area contributed by atoms with Crippen molar-refractivity contribution in [1.82, 2.24) is 10.6 Å². The maximum atomic E-state index is 11.9. The molecule has 1 amide bonds. The van der Waals surface area contributed by atoms with Gasteiger partial charge in [0.2, 0.25) is 0 Å². The number of benzene rings is 1. The van der Waals surface area contributed by atoms with Crippen molar-refractivity contribution in [3.05, 3.63) is 29.8 Å². The van der Waals surface area contributed by atoms with Gasteiger partial charge in [0, 0.05) is 17.8 Å². The van der Waals surface area contributed by atoms with Gasteiger partial charge in [-0.05, 0) is 37.1 Å². The van der Waals surface area contributed by atoms with Crippen LogP contribution in [-0.4, -0.2) is 35.5 Å². The number of carbonyl (C=O) groups excluding carboxylic acids is 1. The molecule has 8 nitrogen and oxygen atoms in total. The minimum atomic E-state index is -1.11. The molecule has 0 aliphatic rings. The van der Waals surface area contributed by atoms with Gasteiger partial charge >= 0.3 is 5.97 Å². The highest BCUT2D eigenvalue weighted by atomic mass is 16.4. The van der Waals surface area contributed by atoms with E-state index in [0.29, 0.717) is 24.2 Å². The largest absolute Gasteiger partial charge is 0.480 e. The highest BCUT2D eigenvalue weighted by Crippen LogP contribution is 2.06. The first kappa shape index (κ1) is 16.3. The second-order valence-corrected chi connectivity index (χ2v) is 4.47. The highest BCUT2D eigenvalue weighted by molar-refractivity contribution is 5.96. The second kappa shape index (κ2) is 7.73. The average molecular weight is 293 g/mol. The number of carboxylic acid groups (broad SMARTS) is 1. The van der Waals surface area contributed by atoms with Crippen LogP contribution in [0.4, 0.5) is 5.69 Å². The molecule has 21 heavy (non-hydrogen) atoms. The van der Waals surface area contributed by atoms with Gasteiger partial charge in [0.15, 0.2) is 5.96 Å². The Bertz CT molecular complexity index is 515. The fourth-order valence-corrected chi connectivity index (χ4v) is 1.66. The number of carbonyl (C=O) groups is 2. The van der Waals surface area contributed by atoms with Crippen LogP contribution in [-0.2, 0) is 4.79 Å². The zero-order valence-corrected chi connectivity index (χ0v) is 11.4. The van der Waals surface area contributed by atoms with E-state index in [2.05, 4.69) is 10.6 Å². The molecule has 1 unspecified atom stereocenters. The molecule has 0 fully saturated rings. The number of hydrogen-bond donors (Lipinski definition) is 6. The van der Waals surface area contributed by atoms with Gasteiger partial charge in [-0.1, -0.05) is 0 Å². The molecule has 0 saturated heterocycles. The summed E-state index contributed by atoms with van der Waals surface area (Å²) in [4.78, 5) is 23.1. The first-order valence-electron chi connectivity index (χ1n) is 6.37. The molecule has 8 heteroatoms. The van der Waals surface area contributed by atoms with Gasteiger partial charge in [0.1, 0.15) is 6.04 Å². The lowest BCUT2D eigenvalue weighted by Gasteiger charge is -2.14. The Balaban J connectivity index is 2.53. The SMILES string of the molecule is N=C(N)NCCCC(NC(=O)c1ccc(N)cc1)C(=O)O. The lowest BCUT2D eigenvalue weighted by atomic mass is 10.1. The molecular weight excluding hydrogens is 274 g/mol. The first-order valence-corrected chi connectivity index (χ1v) is 6.37. The van der Waals surface area contributed by atoms with Crippen molar-refractivity contribution in [2.75, 3.05) is 12.3 Å². The lowest BCUT2D eigenvalue weighted by molar-refractivity contribution is -0.139. The molecule has 0 radical (unpaired) electrons. The summed E-state index contributed by atoms with van der Waals surface area (Å²) in [6.45, 7) is 0.372. The number of nitrogens with one attached hydrogen (secondary N) is 3.